The highest BCUT2D eigenvalue weighted by Gasteiger charge is 2.31. The number of nitrogens with zero attached hydrogens (tertiary/aromatic N) is 4. The van der Waals surface area contributed by atoms with Gasteiger partial charge in [0.25, 0.3) is 0 Å². The molecule has 0 saturated heterocycles. The summed E-state index contributed by atoms with van der Waals surface area (Å²) in [4.78, 5) is 33.7. The SMILES string of the molecule is CCN(c1cc(-c2ccc(-c3cc4ncccn4n3)cc2)sc1C(=O)OC)C(=O)[C@H]1CC[C@H](C)CC1. The topological polar surface area (TPSA) is 76.8 Å². The van der Waals surface area contributed by atoms with Gasteiger partial charge in [-0.3, -0.25) is 4.79 Å². The Morgan fingerprint density at radius 2 is 1.83 bits per heavy atom. The molecule has 3 heterocycles. The Balaban J connectivity index is 1.45. The highest BCUT2D eigenvalue weighted by atomic mass is 32.1. The van der Waals surface area contributed by atoms with E-state index < -0.39 is 5.97 Å². The maximum atomic E-state index is 13.5. The van der Waals surface area contributed by atoms with E-state index in [-0.39, 0.29) is 11.8 Å². The molecule has 3 aromatic heterocycles. The van der Waals surface area contributed by atoms with E-state index >= 15 is 0 Å². The van der Waals surface area contributed by atoms with Gasteiger partial charge in [-0.1, -0.05) is 31.2 Å². The third kappa shape index (κ3) is 4.65. The molecular weight excluding hydrogens is 472 g/mol. The fourth-order valence-electron chi connectivity index (χ4n) is 4.91. The number of carbonyl (C=O) groups excluding carboxylic acids is 2. The summed E-state index contributed by atoms with van der Waals surface area (Å²) < 4.78 is 6.83. The second-order valence-electron chi connectivity index (χ2n) is 9.39. The minimum Gasteiger partial charge on any atom is -0.465 e. The lowest BCUT2D eigenvalue weighted by Crippen LogP contribution is -2.38. The van der Waals surface area contributed by atoms with E-state index in [0.29, 0.717) is 23.0 Å². The monoisotopic (exact) mass is 502 g/mol. The first-order chi connectivity index (χ1) is 17.5. The quantitative estimate of drug-likeness (QED) is 0.298. The molecule has 4 aromatic rings. The number of esters is 1. The van der Waals surface area contributed by atoms with Gasteiger partial charge in [-0.2, -0.15) is 5.10 Å². The highest BCUT2D eigenvalue weighted by molar-refractivity contribution is 7.18. The van der Waals surface area contributed by atoms with Crippen molar-refractivity contribution in [3.63, 3.8) is 0 Å². The van der Waals surface area contributed by atoms with Gasteiger partial charge < -0.3 is 9.64 Å². The summed E-state index contributed by atoms with van der Waals surface area (Å²) in [7, 11) is 1.38. The smallest absolute Gasteiger partial charge is 0.350 e. The maximum Gasteiger partial charge on any atom is 0.350 e. The number of anilines is 1. The molecule has 1 aliphatic rings. The van der Waals surface area contributed by atoms with Crippen LogP contribution in [0.25, 0.3) is 27.3 Å². The van der Waals surface area contributed by atoms with Gasteiger partial charge in [-0.05, 0) is 56.2 Å². The summed E-state index contributed by atoms with van der Waals surface area (Å²) in [6, 6.07) is 13.8. The number of hydrogen-bond donors (Lipinski definition) is 0. The summed E-state index contributed by atoms with van der Waals surface area (Å²) in [5.74, 6) is 0.366. The van der Waals surface area contributed by atoms with Gasteiger partial charge >= 0.3 is 5.97 Å². The number of rotatable bonds is 6. The molecule has 0 unspecified atom stereocenters. The van der Waals surface area contributed by atoms with Crippen LogP contribution in [-0.4, -0.2) is 40.1 Å². The third-order valence-corrected chi connectivity index (χ3v) is 8.18. The zero-order valence-electron chi connectivity index (χ0n) is 20.8. The van der Waals surface area contributed by atoms with Crippen LogP contribution in [0.1, 0.15) is 49.2 Å². The Labute approximate surface area is 214 Å². The Hall–Kier alpha value is -3.52. The standard InChI is InChI=1S/C28H30N4O3S/c1-4-31(27(33)21-8-6-18(2)7-9-21)23-17-24(36-26(23)28(34)35-3)20-12-10-19(11-13-20)22-16-25-29-14-5-15-32(25)30-22/h5,10-18,21H,4,6-9H2,1-3H3/t18-,21-. The molecule has 0 N–H and O–H groups in total. The van der Waals surface area contributed by atoms with Crippen LogP contribution in [0.4, 0.5) is 5.69 Å². The second-order valence-corrected chi connectivity index (χ2v) is 10.4. The van der Waals surface area contributed by atoms with E-state index in [1.165, 1.54) is 18.4 Å². The summed E-state index contributed by atoms with van der Waals surface area (Å²) in [5.41, 5.74) is 4.22. The van der Waals surface area contributed by atoms with Crippen LogP contribution in [0, 0.1) is 11.8 Å². The van der Waals surface area contributed by atoms with Crippen LogP contribution in [0.3, 0.4) is 0 Å². The van der Waals surface area contributed by atoms with Crippen molar-refractivity contribution in [1.29, 1.82) is 0 Å². The van der Waals surface area contributed by atoms with Crippen molar-refractivity contribution < 1.29 is 14.3 Å². The van der Waals surface area contributed by atoms with E-state index in [0.717, 1.165) is 53.0 Å². The van der Waals surface area contributed by atoms with Crippen LogP contribution in [-0.2, 0) is 9.53 Å². The molecule has 1 amide bonds. The summed E-state index contributed by atoms with van der Waals surface area (Å²) in [6.07, 6.45) is 7.57. The number of fused-ring (bicyclic) bond motifs is 1. The average Bonchev–Trinajstić information content (AvgIpc) is 3.54. The number of amides is 1. The molecule has 0 bridgehead atoms. The summed E-state index contributed by atoms with van der Waals surface area (Å²) in [5, 5.41) is 4.59. The molecule has 186 valence electrons. The van der Waals surface area contributed by atoms with E-state index in [1.807, 2.05) is 55.6 Å². The molecule has 1 aliphatic carbocycles. The van der Waals surface area contributed by atoms with Gasteiger partial charge in [-0.15, -0.1) is 11.3 Å². The average molecular weight is 503 g/mol. The molecule has 1 fully saturated rings. The Morgan fingerprint density at radius 3 is 2.50 bits per heavy atom. The second kappa shape index (κ2) is 10.2. The first-order valence-corrected chi connectivity index (χ1v) is 13.2. The summed E-state index contributed by atoms with van der Waals surface area (Å²) >= 11 is 1.36. The molecule has 36 heavy (non-hydrogen) atoms. The minimum absolute atomic E-state index is 0.00852. The van der Waals surface area contributed by atoms with Crippen LogP contribution in [0.2, 0.25) is 0 Å². The maximum absolute atomic E-state index is 13.5. The zero-order chi connectivity index (χ0) is 25.2. The molecule has 0 spiro atoms. The van der Waals surface area contributed by atoms with Crippen molar-refractivity contribution in [2.24, 2.45) is 11.8 Å². The Bertz CT molecular complexity index is 1350. The van der Waals surface area contributed by atoms with E-state index in [9.17, 15) is 9.59 Å². The molecule has 0 atom stereocenters. The van der Waals surface area contributed by atoms with Gasteiger partial charge in [0.15, 0.2) is 5.65 Å². The van der Waals surface area contributed by atoms with Gasteiger partial charge in [-0.25, -0.2) is 14.3 Å². The van der Waals surface area contributed by atoms with E-state index in [2.05, 4.69) is 17.0 Å². The van der Waals surface area contributed by atoms with Crippen molar-refractivity contribution in [1.82, 2.24) is 14.6 Å². The third-order valence-electron chi connectivity index (χ3n) is 7.02. The first kappa shape index (κ1) is 24.2. The summed E-state index contributed by atoms with van der Waals surface area (Å²) in [6.45, 7) is 4.71. The van der Waals surface area contributed by atoms with Gasteiger partial charge in [0.05, 0.1) is 18.5 Å². The normalized spacial score (nSPS) is 17.8. The first-order valence-electron chi connectivity index (χ1n) is 12.4. The van der Waals surface area contributed by atoms with Crippen molar-refractivity contribution in [2.75, 3.05) is 18.6 Å². The Morgan fingerprint density at radius 1 is 1.11 bits per heavy atom. The lowest BCUT2D eigenvalue weighted by Gasteiger charge is -2.30. The fourth-order valence-corrected chi connectivity index (χ4v) is 6.00. The lowest BCUT2D eigenvalue weighted by molar-refractivity contribution is -0.123. The minimum atomic E-state index is -0.418. The molecule has 1 saturated carbocycles. The van der Waals surface area contributed by atoms with Crippen molar-refractivity contribution in [2.45, 2.75) is 39.5 Å². The van der Waals surface area contributed by atoms with Crippen LogP contribution >= 0.6 is 11.3 Å². The number of methoxy groups -OCH3 is 1. The molecule has 8 heteroatoms. The number of ether oxygens (including phenoxy) is 1. The fraction of sp³-hybridized carbons (Fsp3) is 0.357. The van der Waals surface area contributed by atoms with Crippen LogP contribution in [0.5, 0.6) is 0 Å². The number of benzene rings is 1. The molecule has 5 rings (SSSR count). The van der Waals surface area contributed by atoms with Crippen molar-refractivity contribution in [3.8, 4) is 21.7 Å². The van der Waals surface area contributed by atoms with Crippen LogP contribution in [0.15, 0.2) is 54.9 Å². The molecule has 0 aliphatic heterocycles. The number of aromatic nitrogens is 3. The Kier molecular flexibility index (Phi) is 6.87. The predicted octanol–water partition coefficient (Wildman–Crippen LogP) is 6.09. The van der Waals surface area contributed by atoms with Gasteiger partial charge in [0.2, 0.25) is 5.91 Å². The number of hydrogen-bond acceptors (Lipinski definition) is 6. The van der Waals surface area contributed by atoms with Crippen molar-refractivity contribution in [3.05, 3.63) is 59.7 Å². The lowest BCUT2D eigenvalue weighted by atomic mass is 9.82. The van der Waals surface area contributed by atoms with Crippen LogP contribution < -0.4 is 4.90 Å². The zero-order valence-corrected chi connectivity index (χ0v) is 21.6. The van der Waals surface area contributed by atoms with Crippen molar-refractivity contribution >= 4 is 34.5 Å². The van der Waals surface area contributed by atoms with Gasteiger partial charge in [0, 0.05) is 41.4 Å². The number of carbonyl (C=O) groups is 2. The molecular formula is C28H30N4O3S. The van der Waals surface area contributed by atoms with E-state index in [4.69, 9.17) is 4.74 Å². The predicted molar refractivity (Wildman–Crippen MR) is 142 cm³/mol. The largest absolute Gasteiger partial charge is 0.465 e. The molecule has 0 radical (unpaired) electrons. The molecule has 7 nitrogen and oxygen atoms in total. The molecule has 1 aromatic carbocycles. The number of thiophene rings is 1. The highest BCUT2D eigenvalue weighted by Crippen LogP contribution is 2.39. The van der Waals surface area contributed by atoms with E-state index in [1.54, 1.807) is 15.6 Å². The van der Waals surface area contributed by atoms with Gasteiger partial charge in [0.1, 0.15) is 4.88 Å².